The third-order valence-corrected chi connectivity index (χ3v) is 5.94. The Morgan fingerprint density at radius 2 is 2.04 bits per heavy atom. The van der Waals surface area contributed by atoms with E-state index < -0.39 is 0 Å². The number of rotatable bonds is 5. The van der Waals surface area contributed by atoms with Gasteiger partial charge in [0.15, 0.2) is 0 Å². The number of methoxy groups -OCH3 is 1. The number of thiophene rings is 1. The lowest BCUT2D eigenvalue weighted by atomic mass is 10.0. The molecular formula is C19H21N3OS. The molecule has 0 aliphatic heterocycles. The van der Waals surface area contributed by atoms with Crippen molar-refractivity contribution in [3.63, 3.8) is 0 Å². The largest absolute Gasteiger partial charge is 0.497 e. The molecule has 0 radical (unpaired) electrons. The van der Waals surface area contributed by atoms with Crippen molar-refractivity contribution in [3.8, 4) is 5.75 Å². The number of nitrogens with one attached hydrogen (secondary N) is 1. The quantitative estimate of drug-likeness (QED) is 0.728. The van der Waals surface area contributed by atoms with Crippen LogP contribution < -0.4 is 10.1 Å². The maximum atomic E-state index is 5.26. The summed E-state index contributed by atoms with van der Waals surface area (Å²) in [6.45, 7) is 2.19. The average Bonchev–Trinajstić information content (AvgIpc) is 3.21. The highest BCUT2D eigenvalue weighted by Crippen LogP contribution is 2.40. The van der Waals surface area contributed by atoms with Crippen molar-refractivity contribution in [2.24, 2.45) is 0 Å². The molecule has 0 spiro atoms. The molecule has 1 atom stereocenters. The number of hydrogen-bond donors (Lipinski definition) is 1. The van der Waals surface area contributed by atoms with Crippen LogP contribution in [0.15, 0.2) is 30.6 Å². The Morgan fingerprint density at radius 1 is 1.21 bits per heavy atom. The maximum absolute atomic E-state index is 5.26. The van der Waals surface area contributed by atoms with Crippen molar-refractivity contribution >= 4 is 27.4 Å². The third kappa shape index (κ3) is 2.63. The minimum atomic E-state index is 0.228. The smallest absolute Gasteiger partial charge is 0.138 e. The van der Waals surface area contributed by atoms with Crippen LogP contribution in [0, 0.1) is 0 Å². The normalized spacial score (nSPS) is 14.6. The van der Waals surface area contributed by atoms with E-state index in [0.29, 0.717) is 0 Å². The number of aryl methyl sites for hydroxylation is 2. The predicted octanol–water partition coefficient (Wildman–Crippen LogP) is 4.75. The van der Waals surface area contributed by atoms with Crippen LogP contribution in [0.4, 0.5) is 5.82 Å². The van der Waals surface area contributed by atoms with Gasteiger partial charge in [0.2, 0.25) is 0 Å². The van der Waals surface area contributed by atoms with Crippen molar-refractivity contribution in [2.45, 2.75) is 38.6 Å². The van der Waals surface area contributed by atoms with Gasteiger partial charge in [-0.3, -0.25) is 0 Å². The minimum Gasteiger partial charge on any atom is -0.497 e. The molecule has 4 rings (SSSR count). The number of anilines is 1. The molecule has 0 unspecified atom stereocenters. The van der Waals surface area contributed by atoms with Gasteiger partial charge in [-0.1, -0.05) is 19.1 Å². The van der Waals surface area contributed by atoms with Crippen LogP contribution in [0.2, 0.25) is 0 Å². The van der Waals surface area contributed by atoms with Gasteiger partial charge in [0.25, 0.3) is 0 Å². The maximum Gasteiger partial charge on any atom is 0.138 e. The number of ether oxygens (including phenoxy) is 1. The molecule has 1 aliphatic rings. The summed E-state index contributed by atoms with van der Waals surface area (Å²) in [4.78, 5) is 11.7. The van der Waals surface area contributed by atoms with E-state index in [-0.39, 0.29) is 6.04 Å². The molecule has 0 amide bonds. The Labute approximate surface area is 145 Å². The molecule has 4 nitrogen and oxygen atoms in total. The van der Waals surface area contributed by atoms with E-state index in [9.17, 15) is 0 Å². The van der Waals surface area contributed by atoms with Gasteiger partial charge in [-0.15, -0.1) is 11.3 Å². The second-order valence-electron chi connectivity index (χ2n) is 6.14. The summed E-state index contributed by atoms with van der Waals surface area (Å²) in [7, 11) is 1.69. The zero-order valence-electron chi connectivity index (χ0n) is 14.0. The fourth-order valence-corrected chi connectivity index (χ4v) is 4.69. The lowest BCUT2D eigenvalue weighted by Crippen LogP contribution is -2.11. The van der Waals surface area contributed by atoms with E-state index >= 15 is 0 Å². The predicted molar refractivity (Wildman–Crippen MR) is 99.1 cm³/mol. The summed E-state index contributed by atoms with van der Waals surface area (Å²) in [6.07, 6.45) is 6.25. The first-order chi connectivity index (χ1) is 11.8. The van der Waals surface area contributed by atoms with Crippen molar-refractivity contribution in [1.29, 1.82) is 0 Å². The number of benzene rings is 1. The molecule has 24 heavy (non-hydrogen) atoms. The van der Waals surface area contributed by atoms with Crippen molar-refractivity contribution in [2.75, 3.05) is 12.4 Å². The number of aromatic nitrogens is 2. The molecule has 1 aromatic carbocycles. The van der Waals surface area contributed by atoms with Gasteiger partial charge in [0.1, 0.15) is 22.7 Å². The molecule has 3 aromatic rings. The monoisotopic (exact) mass is 339 g/mol. The molecular weight excluding hydrogens is 318 g/mol. The summed E-state index contributed by atoms with van der Waals surface area (Å²) < 4.78 is 5.26. The van der Waals surface area contributed by atoms with Gasteiger partial charge in [0.05, 0.1) is 18.5 Å². The van der Waals surface area contributed by atoms with E-state index in [1.54, 1.807) is 13.4 Å². The number of nitrogens with zero attached hydrogens (tertiary/aromatic N) is 2. The Balaban J connectivity index is 1.69. The first-order valence-electron chi connectivity index (χ1n) is 8.46. The van der Waals surface area contributed by atoms with Crippen LogP contribution in [0.5, 0.6) is 5.75 Å². The Morgan fingerprint density at radius 3 is 2.79 bits per heavy atom. The third-order valence-electron chi connectivity index (χ3n) is 4.74. The van der Waals surface area contributed by atoms with Gasteiger partial charge < -0.3 is 10.1 Å². The molecule has 5 heteroatoms. The summed E-state index contributed by atoms with van der Waals surface area (Å²) in [6, 6.07) is 8.49. The first kappa shape index (κ1) is 15.4. The van der Waals surface area contributed by atoms with Crippen LogP contribution >= 0.6 is 11.3 Å². The Hall–Kier alpha value is -2.14. The van der Waals surface area contributed by atoms with Crippen molar-refractivity contribution < 1.29 is 4.74 Å². The lowest BCUT2D eigenvalue weighted by Gasteiger charge is -2.19. The van der Waals surface area contributed by atoms with Crippen LogP contribution in [0.3, 0.4) is 0 Å². The Kier molecular flexibility index (Phi) is 4.10. The van der Waals surface area contributed by atoms with Gasteiger partial charge in [0, 0.05) is 4.88 Å². The molecule has 0 saturated heterocycles. The topological polar surface area (TPSA) is 47.0 Å². The summed E-state index contributed by atoms with van der Waals surface area (Å²) >= 11 is 1.83. The minimum absolute atomic E-state index is 0.228. The second-order valence-corrected chi connectivity index (χ2v) is 7.22. The lowest BCUT2D eigenvalue weighted by molar-refractivity contribution is 0.414. The Bertz CT molecular complexity index is 857. The van der Waals surface area contributed by atoms with E-state index in [4.69, 9.17) is 4.74 Å². The zero-order valence-corrected chi connectivity index (χ0v) is 14.8. The fourth-order valence-electron chi connectivity index (χ4n) is 3.46. The molecule has 1 N–H and O–H groups in total. The van der Waals surface area contributed by atoms with Crippen molar-refractivity contribution in [3.05, 3.63) is 46.6 Å². The van der Waals surface area contributed by atoms with Gasteiger partial charge in [-0.05, 0) is 48.9 Å². The molecule has 124 valence electrons. The summed E-state index contributed by atoms with van der Waals surface area (Å²) in [5.74, 6) is 1.86. The summed E-state index contributed by atoms with van der Waals surface area (Å²) in [5.41, 5.74) is 2.71. The SMILES string of the molecule is CC[C@H](Nc1ncnc2sc3c(c12)CCC3)c1ccc(OC)cc1. The highest BCUT2D eigenvalue weighted by atomic mass is 32.1. The van der Waals surface area contributed by atoms with Crippen LogP contribution in [0.1, 0.15) is 41.8 Å². The molecule has 0 fully saturated rings. The average molecular weight is 339 g/mol. The van der Waals surface area contributed by atoms with E-state index in [1.165, 1.54) is 34.2 Å². The molecule has 0 saturated carbocycles. The van der Waals surface area contributed by atoms with Crippen LogP contribution in [-0.4, -0.2) is 17.1 Å². The standard InChI is InChI=1S/C19H21N3OS/c1-3-15(12-7-9-13(23-2)10-8-12)22-18-17-14-5-4-6-16(14)24-19(17)21-11-20-18/h7-11,15H,3-6H2,1-2H3,(H,20,21,22)/t15-/m0/s1. The van der Waals surface area contributed by atoms with Crippen LogP contribution in [0.25, 0.3) is 10.2 Å². The van der Waals surface area contributed by atoms with Crippen molar-refractivity contribution in [1.82, 2.24) is 9.97 Å². The molecule has 2 aromatic heterocycles. The number of hydrogen-bond acceptors (Lipinski definition) is 5. The van der Waals surface area contributed by atoms with E-state index in [2.05, 4.69) is 34.3 Å². The molecule has 0 bridgehead atoms. The second kappa shape index (κ2) is 6.40. The fraction of sp³-hybridized carbons (Fsp3) is 0.368. The van der Waals surface area contributed by atoms with Gasteiger partial charge in [-0.2, -0.15) is 0 Å². The van der Waals surface area contributed by atoms with Crippen LogP contribution in [-0.2, 0) is 12.8 Å². The zero-order chi connectivity index (χ0) is 16.5. The van der Waals surface area contributed by atoms with E-state index in [0.717, 1.165) is 29.2 Å². The van der Waals surface area contributed by atoms with Gasteiger partial charge in [-0.25, -0.2) is 9.97 Å². The van der Waals surface area contributed by atoms with Gasteiger partial charge >= 0.3 is 0 Å². The molecule has 1 aliphatic carbocycles. The van der Waals surface area contributed by atoms with E-state index in [1.807, 2.05) is 23.5 Å². The highest BCUT2D eigenvalue weighted by molar-refractivity contribution is 7.19. The first-order valence-corrected chi connectivity index (χ1v) is 9.27. The summed E-state index contributed by atoms with van der Waals surface area (Å²) in [5, 5.41) is 4.89. The molecule has 2 heterocycles. The highest BCUT2D eigenvalue weighted by Gasteiger charge is 2.22. The number of fused-ring (bicyclic) bond motifs is 3.